The summed E-state index contributed by atoms with van der Waals surface area (Å²) in [5, 5.41) is 3.92. The lowest BCUT2D eigenvalue weighted by Crippen LogP contribution is -2.19. The standard InChI is InChI=1S/C25H18BrCl2IN2O3S/c1-2-33-20-11-15(10-17(26)23(20)34-13-14-6-8-16(29)9-7-14)12-21-24(32)31-25(35-21)30-19-5-3-4-18(27)22(19)28/h3-12H,2,13H2,1H3,(H,30,31,32)/b21-12+. The number of ether oxygens (including phenoxy) is 2. The minimum Gasteiger partial charge on any atom is -0.490 e. The lowest BCUT2D eigenvalue weighted by molar-refractivity contribution is -0.115. The second-order valence-corrected chi connectivity index (χ2v) is 11.1. The molecule has 0 aliphatic carbocycles. The first-order chi connectivity index (χ1) is 16.8. The first-order valence-corrected chi connectivity index (χ1v) is 13.9. The van der Waals surface area contributed by atoms with Gasteiger partial charge in [0.2, 0.25) is 0 Å². The Balaban J connectivity index is 1.56. The average Bonchev–Trinajstić information content (AvgIpc) is 3.16. The summed E-state index contributed by atoms with van der Waals surface area (Å²) in [6, 6.07) is 17.0. The molecule has 0 spiro atoms. The maximum atomic E-state index is 12.6. The molecular weight excluding hydrogens is 686 g/mol. The van der Waals surface area contributed by atoms with Crippen LogP contribution in [0.1, 0.15) is 18.1 Å². The van der Waals surface area contributed by atoms with Crippen LogP contribution in [0.2, 0.25) is 10.0 Å². The Kier molecular flexibility index (Phi) is 9.04. The molecule has 1 amide bonds. The molecule has 1 saturated heterocycles. The third-order valence-corrected chi connectivity index (χ3v) is 7.76. The predicted octanol–water partition coefficient (Wildman–Crippen LogP) is 8.23. The number of benzene rings is 3. The molecule has 1 aliphatic rings. The quantitative estimate of drug-likeness (QED) is 0.199. The van der Waals surface area contributed by atoms with Gasteiger partial charge in [0.15, 0.2) is 16.7 Å². The van der Waals surface area contributed by atoms with Crippen molar-refractivity contribution in [2.24, 2.45) is 4.99 Å². The molecule has 1 fully saturated rings. The van der Waals surface area contributed by atoms with Crippen LogP contribution in [-0.2, 0) is 11.4 Å². The summed E-state index contributed by atoms with van der Waals surface area (Å²) in [4.78, 5) is 17.5. The summed E-state index contributed by atoms with van der Waals surface area (Å²) >= 11 is 19.4. The van der Waals surface area contributed by atoms with Crippen LogP contribution in [0.15, 0.2) is 69.0 Å². The van der Waals surface area contributed by atoms with Crippen molar-refractivity contribution in [3.05, 3.63) is 88.7 Å². The molecule has 0 radical (unpaired) electrons. The zero-order chi connectivity index (χ0) is 24.9. The highest BCUT2D eigenvalue weighted by Gasteiger charge is 2.25. The average molecular weight is 704 g/mol. The maximum absolute atomic E-state index is 12.6. The van der Waals surface area contributed by atoms with Gasteiger partial charge in [-0.3, -0.25) is 4.79 Å². The summed E-state index contributed by atoms with van der Waals surface area (Å²) in [5.74, 6) is 0.941. The molecule has 3 aromatic rings. The number of nitrogens with zero attached hydrogens (tertiary/aromatic N) is 1. The van der Waals surface area contributed by atoms with Gasteiger partial charge in [-0.15, -0.1) is 0 Å². The number of amides is 1. The van der Waals surface area contributed by atoms with Crippen LogP contribution in [0.3, 0.4) is 0 Å². The minimum atomic E-state index is -0.250. The molecule has 0 aromatic heterocycles. The Hall–Kier alpha value is -1.72. The maximum Gasteiger partial charge on any atom is 0.264 e. The Labute approximate surface area is 239 Å². The summed E-state index contributed by atoms with van der Waals surface area (Å²) in [7, 11) is 0. The van der Waals surface area contributed by atoms with Crippen molar-refractivity contribution in [2.75, 3.05) is 6.61 Å². The molecule has 5 nitrogen and oxygen atoms in total. The Morgan fingerprint density at radius 3 is 2.66 bits per heavy atom. The Bertz CT molecular complexity index is 1330. The third-order valence-electron chi connectivity index (χ3n) is 4.73. The minimum absolute atomic E-state index is 0.250. The molecule has 35 heavy (non-hydrogen) atoms. The molecule has 0 unspecified atom stereocenters. The van der Waals surface area contributed by atoms with Crippen LogP contribution in [0.25, 0.3) is 6.08 Å². The second-order valence-electron chi connectivity index (χ2n) is 7.23. The van der Waals surface area contributed by atoms with E-state index in [9.17, 15) is 4.79 Å². The van der Waals surface area contributed by atoms with Gasteiger partial charge in [-0.2, -0.15) is 0 Å². The fourth-order valence-corrected chi connectivity index (χ4v) is 5.24. The van der Waals surface area contributed by atoms with Crippen LogP contribution in [0.5, 0.6) is 11.5 Å². The normalized spacial score (nSPS) is 15.5. The molecule has 0 saturated carbocycles. The van der Waals surface area contributed by atoms with Crippen molar-refractivity contribution in [3.63, 3.8) is 0 Å². The van der Waals surface area contributed by atoms with E-state index in [1.807, 2.05) is 43.3 Å². The highest BCUT2D eigenvalue weighted by Crippen LogP contribution is 2.39. The van der Waals surface area contributed by atoms with Gasteiger partial charge in [0.1, 0.15) is 6.61 Å². The topological polar surface area (TPSA) is 59.9 Å². The molecule has 4 rings (SSSR count). The van der Waals surface area contributed by atoms with Crippen LogP contribution in [0, 0.1) is 3.57 Å². The van der Waals surface area contributed by atoms with Gasteiger partial charge in [-0.1, -0.05) is 41.4 Å². The molecule has 3 aromatic carbocycles. The van der Waals surface area contributed by atoms with E-state index in [0.29, 0.717) is 50.5 Å². The zero-order valence-corrected chi connectivity index (χ0v) is 24.4. The number of hydrogen-bond acceptors (Lipinski definition) is 5. The monoisotopic (exact) mass is 702 g/mol. The molecular formula is C25H18BrCl2IN2O3S. The van der Waals surface area contributed by atoms with Crippen LogP contribution in [-0.4, -0.2) is 17.7 Å². The van der Waals surface area contributed by atoms with Crippen LogP contribution >= 0.6 is 73.5 Å². The molecule has 180 valence electrons. The highest BCUT2D eigenvalue weighted by atomic mass is 127. The number of thioether (sulfide) groups is 1. The highest BCUT2D eigenvalue weighted by molar-refractivity contribution is 14.1. The fraction of sp³-hybridized carbons (Fsp3) is 0.120. The summed E-state index contributed by atoms with van der Waals surface area (Å²) in [5.41, 5.74) is 2.32. The molecule has 0 bridgehead atoms. The van der Waals surface area contributed by atoms with Gasteiger partial charge >= 0.3 is 0 Å². The van der Waals surface area contributed by atoms with E-state index in [-0.39, 0.29) is 5.91 Å². The van der Waals surface area contributed by atoms with E-state index in [0.717, 1.165) is 19.2 Å². The van der Waals surface area contributed by atoms with Gasteiger partial charge < -0.3 is 14.8 Å². The third kappa shape index (κ3) is 6.74. The Morgan fingerprint density at radius 1 is 1.14 bits per heavy atom. The first-order valence-electron chi connectivity index (χ1n) is 10.4. The van der Waals surface area contributed by atoms with Gasteiger partial charge in [-0.05, 0) is 111 Å². The van der Waals surface area contributed by atoms with Crippen molar-refractivity contribution in [1.82, 2.24) is 5.32 Å². The lowest BCUT2D eigenvalue weighted by atomic mass is 10.1. The van der Waals surface area contributed by atoms with E-state index in [4.69, 9.17) is 32.7 Å². The SMILES string of the molecule is CCOc1cc(/C=C2/SC(=Nc3cccc(Cl)c3Cl)NC2=O)cc(Br)c1OCc1ccc(I)cc1. The largest absolute Gasteiger partial charge is 0.490 e. The number of hydrogen-bond donors (Lipinski definition) is 1. The van der Waals surface area contributed by atoms with Crippen molar-refractivity contribution >= 4 is 96.3 Å². The molecule has 1 N–H and O–H groups in total. The summed E-state index contributed by atoms with van der Waals surface area (Å²) < 4.78 is 13.8. The fourth-order valence-electron chi connectivity index (χ4n) is 3.13. The van der Waals surface area contributed by atoms with Crippen molar-refractivity contribution < 1.29 is 14.3 Å². The number of carbonyl (C=O) groups is 1. The van der Waals surface area contributed by atoms with E-state index < -0.39 is 0 Å². The van der Waals surface area contributed by atoms with E-state index in [2.05, 4.69) is 48.8 Å². The number of carbonyl (C=O) groups excluding carboxylic acids is 1. The molecule has 1 heterocycles. The summed E-state index contributed by atoms with van der Waals surface area (Å²) in [6.45, 7) is 2.78. The van der Waals surface area contributed by atoms with Gasteiger partial charge in [0.25, 0.3) is 5.91 Å². The smallest absolute Gasteiger partial charge is 0.264 e. The van der Waals surface area contributed by atoms with E-state index in [1.54, 1.807) is 24.3 Å². The van der Waals surface area contributed by atoms with Crippen LogP contribution in [0.4, 0.5) is 5.69 Å². The number of nitrogens with one attached hydrogen (secondary N) is 1. The summed E-state index contributed by atoms with van der Waals surface area (Å²) in [6.07, 6.45) is 1.78. The van der Waals surface area contributed by atoms with Crippen molar-refractivity contribution in [2.45, 2.75) is 13.5 Å². The molecule has 10 heteroatoms. The van der Waals surface area contributed by atoms with Gasteiger partial charge in [-0.25, -0.2) is 4.99 Å². The van der Waals surface area contributed by atoms with E-state index in [1.165, 1.54) is 11.8 Å². The number of amidine groups is 1. The predicted molar refractivity (Wildman–Crippen MR) is 156 cm³/mol. The number of halogens is 4. The number of aliphatic imine (C=N–C) groups is 1. The van der Waals surface area contributed by atoms with Gasteiger partial charge in [0, 0.05) is 3.57 Å². The van der Waals surface area contributed by atoms with Crippen LogP contribution < -0.4 is 14.8 Å². The lowest BCUT2D eigenvalue weighted by Gasteiger charge is -2.15. The first kappa shape index (κ1) is 26.3. The Morgan fingerprint density at radius 2 is 1.91 bits per heavy atom. The molecule has 0 atom stereocenters. The van der Waals surface area contributed by atoms with Crippen molar-refractivity contribution in [3.8, 4) is 11.5 Å². The molecule has 1 aliphatic heterocycles. The van der Waals surface area contributed by atoms with E-state index >= 15 is 0 Å². The van der Waals surface area contributed by atoms with Crippen molar-refractivity contribution in [1.29, 1.82) is 0 Å². The zero-order valence-electron chi connectivity index (χ0n) is 18.3. The second kappa shape index (κ2) is 12.0. The van der Waals surface area contributed by atoms with Gasteiger partial charge in [0.05, 0.1) is 31.7 Å². The number of rotatable bonds is 7.